The van der Waals surface area contributed by atoms with E-state index in [1.165, 1.54) is 6.07 Å². The van der Waals surface area contributed by atoms with E-state index in [9.17, 15) is 9.50 Å². The standard InChI is InChI=1S/C16H24FNOS/c1-11-4-5-14(10-15(11)17)16(19)6-7-18-8-9-20-13(3)12(18)2/h4-5,10,12-13,16,19H,6-9H2,1-3H3. The van der Waals surface area contributed by atoms with Crippen LogP contribution >= 0.6 is 11.8 Å². The van der Waals surface area contributed by atoms with E-state index < -0.39 is 6.10 Å². The Morgan fingerprint density at radius 3 is 2.90 bits per heavy atom. The van der Waals surface area contributed by atoms with E-state index in [-0.39, 0.29) is 5.82 Å². The van der Waals surface area contributed by atoms with Crippen LogP contribution in [0.3, 0.4) is 0 Å². The molecule has 3 atom stereocenters. The first kappa shape index (κ1) is 15.8. The molecule has 0 aliphatic carbocycles. The summed E-state index contributed by atoms with van der Waals surface area (Å²) >= 11 is 2.01. The molecule has 1 aromatic carbocycles. The molecule has 1 aliphatic heterocycles. The molecule has 112 valence electrons. The fourth-order valence-corrected chi connectivity index (χ4v) is 3.74. The molecule has 0 bridgehead atoms. The van der Waals surface area contributed by atoms with Crippen molar-refractivity contribution >= 4 is 11.8 Å². The zero-order chi connectivity index (χ0) is 14.7. The topological polar surface area (TPSA) is 23.5 Å². The monoisotopic (exact) mass is 297 g/mol. The van der Waals surface area contributed by atoms with Crippen molar-refractivity contribution in [2.75, 3.05) is 18.8 Å². The number of aliphatic hydroxyl groups is 1. The average molecular weight is 297 g/mol. The molecular formula is C16H24FNOS. The van der Waals surface area contributed by atoms with Crippen LogP contribution in [-0.2, 0) is 0 Å². The molecule has 1 heterocycles. The minimum atomic E-state index is -0.581. The molecule has 0 saturated carbocycles. The molecule has 1 aliphatic rings. The van der Waals surface area contributed by atoms with Crippen LogP contribution < -0.4 is 0 Å². The van der Waals surface area contributed by atoms with Crippen molar-refractivity contribution in [2.45, 2.75) is 44.6 Å². The molecule has 20 heavy (non-hydrogen) atoms. The Hall–Kier alpha value is -0.580. The predicted molar refractivity (Wildman–Crippen MR) is 83.7 cm³/mol. The molecule has 1 aromatic rings. The zero-order valence-electron chi connectivity index (χ0n) is 12.5. The maximum atomic E-state index is 13.5. The predicted octanol–water partition coefficient (Wildman–Crippen LogP) is 3.38. The van der Waals surface area contributed by atoms with E-state index in [0.717, 1.165) is 18.8 Å². The maximum absolute atomic E-state index is 13.5. The number of rotatable bonds is 4. The van der Waals surface area contributed by atoms with Crippen molar-refractivity contribution in [2.24, 2.45) is 0 Å². The van der Waals surface area contributed by atoms with Gasteiger partial charge in [0, 0.05) is 30.1 Å². The maximum Gasteiger partial charge on any atom is 0.126 e. The third-order valence-corrected chi connectivity index (χ3v) is 5.62. The Bertz CT molecular complexity index is 454. The fraction of sp³-hybridized carbons (Fsp3) is 0.625. The van der Waals surface area contributed by atoms with Gasteiger partial charge in [0.25, 0.3) is 0 Å². The molecule has 4 heteroatoms. The van der Waals surface area contributed by atoms with Gasteiger partial charge in [0.05, 0.1) is 6.10 Å². The van der Waals surface area contributed by atoms with Crippen LogP contribution in [0.2, 0.25) is 0 Å². The number of hydrogen-bond donors (Lipinski definition) is 1. The lowest BCUT2D eigenvalue weighted by molar-refractivity contribution is 0.128. The number of aryl methyl sites for hydroxylation is 1. The summed E-state index contributed by atoms with van der Waals surface area (Å²) in [6, 6.07) is 5.55. The smallest absolute Gasteiger partial charge is 0.126 e. The van der Waals surface area contributed by atoms with Crippen LogP contribution in [0.25, 0.3) is 0 Å². The van der Waals surface area contributed by atoms with Gasteiger partial charge in [0.2, 0.25) is 0 Å². The van der Waals surface area contributed by atoms with E-state index in [4.69, 9.17) is 0 Å². The highest BCUT2D eigenvalue weighted by Crippen LogP contribution is 2.26. The van der Waals surface area contributed by atoms with Gasteiger partial charge in [-0.15, -0.1) is 0 Å². The molecule has 1 N–H and O–H groups in total. The van der Waals surface area contributed by atoms with Crippen LogP contribution in [0.5, 0.6) is 0 Å². The molecule has 1 fully saturated rings. The van der Waals surface area contributed by atoms with Crippen LogP contribution in [0.1, 0.15) is 37.5 Å². The van der Waals surface area contributed by atoms with E-state index >= 15 is 0 Å². The summed E-state index contributed by atoms with van der Waals surface area (Å²) < 4.78 is 13.5. The summed E-state index contributed by atoms with van der Waals surface area (Å²) in [4.78, 5) is 2.43. The van der Waals surface area contributed by atoms with Crippen molar-refractivity contribution in [3.8, 4) is 0 Å². The Kier molecular flexibility index (Phi) is 5.47. The SMILES string of the molecule is Cc1ccc(C(O)CCN2CCSC(C)C2C)cc1F. The summed E-state index contributed by atoms with van der Waals surface area (Å²) in [7, 11) is 0. The Morgan fingerprint density at radius 1 is 1.45 bits per heavy atom. The van der Waals surface area contributed by atoms with E-state index in [0.29, 0.717) is 28.8 Å². The number of aliphatic hydroxyl groups excluding tert-OH is 1. The molecule has 0 amide bonds. The second-order valence-corrected chi connectivity index (χ2v) is 7.15. The zero-order valence-corrected chi connectivity index (χ0v) is 13.3. The number of thioether (sulfide) groups is 1. The molecule has 1 saturated heterocycles. The first-order chi connectivity index (χ1) is 9.49. The summed E-state index contributed by atoms with van der Waals surface area (Å²) in [5.74, 6) is 0.915. The summed E-state index contributed by atoms with van der Waals surface area (Å²) in [6.45, 7) is 8.18. The number of hydrogen-bond acceptors (Lipinski definition) is 3. The largest absolute Gasteiger partial charge is 0.388 e. The van der Waals surface area contributed by atoms with Gasteiger partial charge < -0.3 is 5.11 Å². The lowest BCUT2D eigenvalue weighted by atomic mass is 10.0. The Labute approximate surface area is 125 Å². The van der Waals surface area contributed by atoms with Gasteiger partial charge in [0.15, 0.2) is 0 Å². The van der Waals surface area contributed by atoms with Gasteiger partial charge in [-0.2, -0.15) is 11.8 Å². The highest BCUT2D eigenvalue weighted by Gasteiger charge is 2.25. The van der Waals surface area contributed by atoms with Gasteiger partial charge in [-0.1, -0.05) is 19.1 Å². The van der Waals surface area contributed by atoms with Crippen LogP contribution in [-0.4, -0.2) is 40.1 Å². The first-order valence-electron chi connectivity index (χ1n) is 7.29. The van der Waals surface area contributed by atoms with Crippen molar-refractivity contribution < 1.29 is 9.50 Å². The van der Waals surface area contributed by atoms with Gasteiger partial charge in [-0.3, -0.25) is 4.90 Å². The van der Waals surface area contributed by atoms with E-state index in [1.807, 2.05) is 17.8 Å². The summed E-state index contributed by atoms with van der Waals surface area (Å²) in [5.41, 5.74) is 1.30. The average Bonchev–Trinajstić information content (AvgIpc) is 2.43. The highest BCUT2D eigenvalue weighted by atomic mass is 32.2. The Balaban J connectivity index is 1.91. The first-order valence-corrected chi connectivity index (χ1v) is 8.33. The highest BCUT2D eigenvalue weighted by molar-refractivity contribution is 8.00. The quantitative estimate of drug-likeness (QED) is 0.921. The number of benzene rings is 1. The molecule has 2 rings (SSSR count). The van der Waals surface area contributed by atoms with Gasteiger partial charge in [-0.25, -0.2) is 4.39 Å². The second-order valence-electron chi connectivity index (χ2n) is 5.67. The minimum Gasteiger partial charge on any atom is -0.388 e. The van der Waals surface area contributed by atoms with Crippen molar-refractivity contribution in [3.05, 3.63) is 35.1 Å². The normalized spacial score (nSPS) is 25.6. The molecule has 0 aromatic heterocycles. The van der Waals surface area contributed by atoms with Crippen LogP contribution in [0.4, 0.5) is 4.39 Å². The molecule has 0 radical (unpaired) electrons. The van der Waals surface area contributed by atoms with E-state index in [1.54, 1.807) is 13.0 Å². The number of nitrogens with zero attached hydrogens (tertiary/aromatic N) is 1. The van der Waals surface area contributed by atoms with Gasteiger partial charge >= 0.3 is 0 Å². The lowest BCUT2D eigenvalue weighted by Crippen LogP contribution is -2.45. The van der Waals surface area contributed by atoms with Gasteiger partial charge in [-0.05, 0) is 37.5 Å². The molecule has 2 nitrogen and oxygen atoms in total. The molecule has 3 unspecified atom stereocenters. The van der Waals surface area contributed by atoms with Crippen LogP contribution in [0, 0.1) is 12.7 Å². The third-order valence-electron chi connectivity index (χ3n) is 4.28. The summed E-state index contributed by atoms with van der Waals surface area (Å²) in [5, 5.41) is 10.9. The lowest BCUT2D eigenvalue weighted by Gasteiger charge is -2.37. The van der Waals surface area contributed by atoms with E-state index in [2.05, 4.69) is 18.7 Å². The van der Waals surface area contributed by atoms with Crippen LogP contribution in [0.15, 0.2) is 18.2 Å². The molecular weight excluding hydrogens is 273 g/mol. The van der Waals surface area contributed by atoms with Gasteiger partial charge in [0.1, 0.15) is 5.82 Å². The molecule has 0 spiro atoms. The third kappa shape index (κ3) is 3.74. The van der Waals surface area contributed by atoms with Crippen molar-refractivity contribution in [1.82, 2.24) is 4.90 Å². The second kappa shape index (κ2) is 6.92. The number of halogens is 1. The van der Waals surface area contributed by atoms with Crippen molar-refractivity contribution in [3.63, 3.8) is 0 Å². The minimum absolute atomic E-state index is 0.238. The van der Waals surface area contributed by atoms with Crippen molar-refractivity contribution in [1.29, 1.82) is 0 Å². The fourth-order valence-electron chi connectivity index (χ4n) is 2.58. The Morgan fingerprint density at radius 2 is 2.20 bits per heavy atom. The summed E-state index contributed by atoms with van der Waals surface area (Å²) in [6.07, 6.45) is 0.0757.